The molecule has 0 saturated heterocycles. The van der Waals surface area contributed by atoms with Crippen LogP contribution in [-0.4, -0.2) is 10.1 Å². The average molecular weight is 283 g/mol. The summed E-state index contributed by atoms with van der Waals surface area (Å²) in [5.41, 5.74) is 4.83. The molecule has 21 heavy (non-hydrogen) atoms. The molecule has 5 heteroatoms. The number of hydrogen-bond acceptors (Lipinski definition) is 4. The Morgan fingerprint density at radius 1 is 1.05 bits per heavy atom. The van der Waals surface area contributed by atoms with Crippen molar-refractivity contribution in [3.8, 4) is 0 Å². The highest BCUT2D eigenvalue weighted by Crippen LogP contribution is 2.28. The van der Waals surface area contributed by atoms with Crippen LogP contribution in [0, 0.1) is 0 Å². The number of oxazole rings is 1. The van der Waals surface area contributed by atoms with E-state index in [4.69, 9.17) is 9.15 Å². The third-order valence-corrected chi connectivity index (χ3v) is 3.82. The molecule has 0 amide bonds. The molecule has 106 valence electrons. The Labute approximate surface area is 119 Å². The molecule has 2 N–H and O–H groups in total. The van der Waals surface area contributed by atoms with Gasteiger partial charge in [0, 0.05) is 0 Å². The van der Waals surface area contributed by atoms with Crippen molar-refractivity contribution in [2.45, 2.75) is 19.3 Å². The number of aliphatic hydroxyl groups excluding tert-OH is 1. The van der Waals surface area contributed by atoms with Gasteiger partial charge in [0.1, 0.15) is 6.10 Å². The first-order chi connectivity index (χ1) is 10.2. The predicted octanol–water partition coefficient (Wildman–Crippen LogP) is 2.23. The van der Waals surface area contributed by atoms with Gasteiger partial charge >= 0.3 is 5.76 Å². The molecule has 0 bridgehead atoms. The number of aliphatic hydroxyl groups is 1. The van der Waals surface area contributed by atoms with Crippen LogP contribution in [0.4, 0.5) is 0 Å². The zero-order valence-electron chi connectivity index (χ0n) is 11.1. The van der Waals surface area contributed by atoms with Crippen LogP contribution in [0.15, 0.2) is 45.6 Å². The molecule has 2 heterocycles. The summed E-state index contributed by atoms with van der Waals surface area (Å²) in [5.74, 6) is -0.494. The van der Waals surface area contributed by atoms with E-state index in [-0.39, 0.29) is 0 Å². The van der Waals surface area contributed by atoms with Crippen LogP contribution in [0.5, 0.6) is 0 Å². The average Bonchev–Trinajstić information content (AvgIpc) is 3.09. The van der Waals surface area contributed by atoms with Gasteiger partial charge in [0.2, 0.25) is 0 Å². The molecule has 1 aliphatic heterocycles. The molecule has 1 aliphatic rings. The molecule has 3 aromatic rings. The molecule has 4 rings (SSSR count). The van der Waals surface area contributed by atoms with Crippen molar-refractivity contribution in [2.75, 3.05) is 0 Å². The lowest BCUT2D eigenvalue weighted by Gasteiger charge is -2.12. The zero-order valence-corrected chi connectivity index (χ0v) is 11.1. The van der Waals surface area contributed by atoms with Gasteiger partial charge in [-0.05, 0) is 34.4 Å². The van der Waals surface area contributed by atoms with E-state index in [9.17, 15) is 9.90 Å². The van der Waals surface area contributed by atoms with Crippen LogP contribution >= 0.6 is 0 Å². The van der Waals surface area contributed by atoms with Gasteiger partial charge in [-0.2, -0.15) is 0 Å². The lowest BCUT2D eigenvalue weighted by Crippen LogP contribution is -2.00. The minimum atomic E-state index is -0.763. The van der Waals surface area contributed by atoms with Crippen molar-refractivity contribution >= 4 is 11.1 Å². The SMILES string of the molecule is O=c1[nH]c2ccc(C(O)c3ccc4c(c3)COC4)cc2o1. The lowest BCUT2D eigenvalue weighted by atomic mass is 9.98. The summed E-state index contributed by atoms with van der Waals surface area (Å²) >= 11 is 0. The first kappa shape index (κ1) is 12.4. The van der Waals surface area contributed by atoms with Crippen LogP contribution in [0.25, 0.3) is 11.1 Å². The zero-order chi connectivity index (χ0) is 14.4. The predicted molar refractivity (Wildman–Crippen MR) is 75.8 cm³/mol. The van der Waals surface area contributed by atoms with E-state index < -0.39 is 11.9 Å². The van der Waals surface area contributed by atoms with Gasteiger partial charge < -0.3 is 14.3 Å². The summed E-state index contributed by atoms with van der Waals surface area (Å²) in [5, 5.41) is 10.5. The molecule has 0 spiro atoms. The van der Waals surface area contributed by atoms with Gasteiger partial charge in [0.05, 0.1) is 18.7 Å². The monoisotopic (exact) mass is 283 g/mol. The Morgan fingerprint density at radius 2 is 1.81 bits per heavy atom. The van der Waals surface area contributed by atoms with Crippen LogP contribution < -0.4 is 5.76 Å². The third kappa shape index (κ3) is 2.07. The van der Waals surface area contributed by atoms with E-state index in [1.165, 1.54) is 0 Å². The number of H-pyrrole nitrogens is 1. The minimum Gasteiger partial charge on any atom is -0.408 e. The highest BCUT2D eigenvalue weighted by molar-refractivity contribution is 5.73. The Hall–Kier alpha value is -2.37. The summed E-state index contributed by atoms with van der Waals surface area (Å²) < 4.78 is 10.4. The van der Waals surface area contributed by atoms with E-state index >= 15 is 0 Å². The topological polar surface area (TPSA) is 75.5 Å². The quantitative estimate of drug-likeness (QED) is 0.756. The summed E-state index contributed by atoms with van der Waals surface area (Å²) in [7, 11) is 0. The number of aromatic amines is 1. The molecule has 1 unspecified atom stereocenters. The van der Waals surface area contributed by atoms with Gasteiger partial charge in [-0.25, -0.2) is 4.79 Å². The first-order valence-electron chi connectivity index (χ1n) is 6.71. The molecule has 5 nitrogen and oxygen atoms in total. The number of benzene rings is 2. The number of aromatic nitrogens is 1. The van der Waals surface area contributed by atoms with Crippen molar-refractivity contribution in [3.05, 3.63) is 69.2 Å². The second-order valence-electron chi connectivity index (χ2n) is 5.19. The van der Waals surface area contributed by atoms with E-state index in [1.807, 2.05) is 18.2 Å². The molecular formula is C16H13NO4. The molecule has 0 aliphatic carbocycles. The fourth-order valence-electron chi connectivity index (χ4n) is 2.69. The molecular weight excluding hydrogens is 270 g/mol. The van der Waals surface area contributed by atoms with Gasteiger partial charge in [0.15, 0.2) is 5.58 Å². The fraction of sp³-hybridized carbons (Fsp3) is 0.188. The number of nitrogens with one attached hydrogen (secondary N) is 1. The number of ether oxygens (including phenoxy) is 1. The molecule has 0 saturated carbocycles. The molecule has 1 aromatic heterocycles. The summed E-state index contributed by atoms with van der Waals surface area (Å²) in [6, 6.07) is 11.0. The van der Waals surface area contributed by atoms with Crippen molar-refractivity contribution in [2.24, 2.45) is 0 Å². The van der Waals surface area contributed by atoms with E-state index in [1.54, 1.807) is 18.2 Å². The standard InChI is InChI=1S/C16H13NO4/c18-15(9-1-2-11-7-20-8-12(11)5-9)10-3-4-13-14(6-10)21-16(19)17-13/h1-6,15,18H,7-8H2,(H,17,19). The van der Waals surface area contributed by atoms with Crippen molar-refractivity contribution < 1.29 is 14.3 Å². The van der Waals surface area contributed by atoms with Gasteiger partial charge in [0.25, 0.3) is 0 Å². The summed E-state index contributed by atoms with van der Waals surface area (Å²) in [6.45, 7) is 1.22. The Morgan fingerprint density at radius 3 is 2.71 bits per heavy atom. The number of rotatable bonds is 2. The van der Waals surface area contributed by atoms with Crippen molar-refractivity contribution in [1.29, 1.82) is 0 Å². The molecule has 2 aromatic carbocycles. The van der Waals surface area contributed by atoms with E-state index in [0.717, 1.165) is 16.7 Å². The van der Waals surface area contributed by atoms with Crippen molar-refractivity contribution in [3.63, 3.8) is 0 Å². The number of hydrogen-bond donors (Lipinski definition) is 2. The maximum Gasteiger partial charge on any atom is 0.417 e. The van der Waals surface area contributed by atoms with Crippen molar-refractivity contribution in [1.82, 2.24) is 4.98 Å². The van der Waals surface area contributed by atoms with Gasteiger partial charge in [-0.1, -0.05) is 24.3 Å². The maximum atomic E-state index is 11.2. The van der Waals surface area contributed by atoms with Gasteiger partial charge in [-0.3, -0.25) is 4.98 Å². The highest BCUT2D eigenvalue weighted by Gasteiger charge is 2.17. The lowest BCUT2D eigenvalue weighted by molar-refractivity contribution is 0.134. The van der Waals surface area contributed by atoms with E-state index in [0.29, 0.717) is 29.9 Å². The Bertz CT molecular complexity index is 877. The first-order valence-corrected chi connectivity index (χ1v) is 6.71. The van der Waals surface area contributed by atoms with Crippen LogP contribution in [0.3, 0.4) is 0 Å². The highest BCUT2D eigenvalue weighted by atomic mass is 16.5. The van der Waals surface area contributed by atoms with Crippen LogP contribution in [0.1, 0.15) is 28.4 Å². The van der Waals surface area contributed by atoms with Crippen LogP contribution in [0.2, 0.25) is 0 Å². The van der Waals surface area contributed by atoms with E-state index in [2.05, 4.69) is 4.98 Å². The molecule has 0 fully saturated rings. The van der Waals surface area contributed by atoms with Crippen LogP contribution in [-0.2, 0) is 18.0 Å². The van der Waals surface area contributed by atoms with Gasteiger partial charge in [-0.15, -0.1) is 0 Å². The molecule has 0 radical (unpaired) electrons. The normalized spacial score (nSPS) is 15.3. The maximum absolute atomic E-state index is 11.2. The Kier molecular flexibility index (Phi) is 2.70. The minimum absolute atomic E-state index is 0.445. The second kappa shape index (κ2) is 4.58. The number of fused-ring (bicyclic) bond motifs is 2. The summed E-state index contributed by atoms with van der Waals surface area (Å²) in [4.78, 5) is 13.7. The third-order valence-electron chi connectivity index (χ3n) is 3.82. The smallest absolute Gasteiger partial charge is 0.408 e. The Balaban J connectivity index is 1.75. The molecule has 1 atom stereocenters. The second-order valence-corrected chi connectivity index (χ2v) is 5.19. The fourth-order valence-corrected chi connectivity index (χ4v) is 2.69. The summed E-state index contributed by atoms with van der Waals surface area (Å²) in [6.07, 6.45) is -0.763. The largest absolute Gasteiger partial charge is 0.417 e.